The number of carboxylic acid groups (broad SMARTS) is 1. The number of fused-ring (bicyclic) bond motifs is 3. The highest BCUT2D eigenvalue weighted by Crippen LogP contribution is 2.47. The van der Waals surface area contributed by atoms with E-state index in [9.17, 15) is 32.7 Å². The molecular formula is C36H47N5O10S. The number of benzene rings is 1. The lowest BCUT2D eigenvalue weighted by atomic mass is 9.87. The van der Waals surface area contributed by atoms with Gasteiger partial charge < -0.3 is 34.9 Å². The van der Waals surface area contributed by atoms with Crippen molar-refractivity contribution in [1.82, 2.24) is 25.2 Å². The second kappa shape index (κ2) is 14.5. The average molecular weight is 742 g/mol. The van der Waals surface area contributed by atoms with E-state index < -0.39 is 74.1 Å². The number of carbonyl (C=O) groups excluding carboxylic acids is 3. The summed E-state index contributed by atoms with van der Waals surface area (Å²) in [6.07, 6.45) is 5.95. The quantitative estimate of drug-likeness (QED) is 0.275. The summed E-state index contributed by atoms with van der Waals surface area (Å²) in [5, 5.41) is 16.6. The van der Waals surface area contributed by atoms with Crippen molar-refractivity contribution in [3.63, 3.8) is 0 Å². The zero-order chi connectivity index (χ0) is 37.4. The third kappa shape index (κ3) is 7.54. The van der Waals surface area contributed by atoms with E-state index in [1.165, 1.54) is 12.0 Å². The predicted molar refractivity (Wildman–Crippen MR) is 189 cm³/mol. The number of methoxy groups -OCH3 is 2. The maximum atomic E-state index is 14.5. The second-order valence-electron chi connectivity index (χ2n) is 14.8. The Kier molecular flexibility index (Phi) is 10.4. The molecule has 1 aromatic heterocycles. The maximum Gasteiger partial charge on any atom is 0.405 e. The first kappa shape index (κ1) is 37.3. The van der Waals surface area contributed by atoms with Crippen molar-refractivity contribution in [2.75, 3.05) is 27.4 Å². The van der Waals surface area contributed by atoms with Crippen molar-refractivity contribution in [2.24, 2.45) is 17.8 Å². The Labute approximate surface area is 302 Å². The minimum atomic E-state index is -4.01. The predicted octanol–water partition coefficient (Wildman–Crippen LogP) is 2.74. The lowest BCUT2D eigenvalue weighted by Crippen LogP contribution is -2.59. The molecule has 16 heteroatoms. The van der Waals surface area contributed by atoms with Crippen molar-refractivity contribution >= 4 is 44.6 Å². The van der Waals surface area contributed by atoms with E-state index in [1.54, 1.807) is 38.4 Å². The number of aromatic nitrogens is 1. The lowest BCUT2D eigenvalue weighted by Gasteiger charge is -2.33. The van der Waals surface area contributed by atoms with E-state index in [4.69, 9.17) is 14.2 Å². The summed E-state index contributed by atoms with van der Waals surface area (Å²) in [4.78, 5) is 60.5. The molecule has 7 atom stereocenters. The molecular weight excluding hydrogens is 694 g/mol. The van der Waals surface area contributed by atoms with E-state index >= 15 is 0 Å². The number of ether oxygens (including phenoxy) is 3. The molecule has 0 unspecified atom stereocenters. The summed E-state index contributed by atoms with van der Waals surface area (Å²) in [7, 11) is -0.968. The van der Waals surface area contributed by atoms with E-state index in [1.807, 2.05) is 25.1 Å². The van der Waals surface area contributed by atoms with Crippen LogP contribution in [0.3, 0.4) is 0 Å². The van der Waals surface area contributed by atoms with E-state index in [0.717, 1.165) is 5.39 Å². The number of nitrogens with one attached hydrogen (secondary N) is 3. The molecule has 15 nitrogen and oxygen atoms in total. The number of sulfonamides is 1. The van der Waals surface area contributed by atoms with Gasteiger partial charge in [0.15, 0.2) is 0 Å². The van der Waals surface area contributed by atoms with E-state index in [-0.39, 0.29) is 37.8 Å². The van der Waals surface area contributed by atoms with Crippen molar-refractivity contribution in [1.29, 1.82) is 0 Å². The molecule has 0 bridgehead atoms. The Hall–Kier alpha value is -4.44. The number of pyridine rings is 1. The van der Waals surface area contributed by atoms with Crippen LogP contribution in [0, 0.1) is 17.8 Å². The van der Waals surface area contributed by atoms with Crippen LogP contribution < -0.4 is 24.8 Å². The standard InChI is InChI=1S/C36H47N5O10S/c1-21-7-5-6-8-24-18-36(24,33(44)40-52(47,48)35(2)12-13-35)39-30(42)28-17-26(51-31-27-10-9-25(50-4)16-22(27)11-14-37-31)19-41(28)32(43)29(38-34(45)46)23(15-21)20-49-3/h6,8-11,14,16,21,23-24,26,28-29,38H,5,7,12-13,15,17-20H2,1-4H3,(H,39,42)(H,40,44)(H,45,46)/b8-6-/t21-,23+,24-,26-,28+,29+,36-/m1/s1. The van der Waals surface area contributed by atoms with Crippen molar-refractivity contribution in [3.05, 3.63) is 42.6 Å². The van der Waals surface area contributed by atoms with Crippen LogP contribution in [-0.2, 0) is 29.1 Å². The van der Waals surface area contributed by atoms with Crippen molar-refractivity contribution < 1.29 is 46.9 Å². The molecule has 52 heavy (non-hydrogen) atoms. The Balaban J connectivity index is 1.35. The molecule has 3 heterocycles. The molecule has 2 aromatic rings. The van der Waals surface area contributed by atoms with Crippen LogP contribution in [0.25, 0.3) is 10.8 Å². The number of allylic oxidation sites excluding steroid dienone is 1. The average Bonchev–Trinajstić information content (AvgIpc) is 3.98. The van der Waals surface area contributed by atoms with Gasteiger partial charge in [-0.1, -0.05) is 19.1 Å². The molecule has 0 radical (unpaired) electrons. The van der Waals surface area contributed by atoms with E-state index in [2.05, 4.69) is 20.3 Å². The van der Waals surface area contributed by atoms with E-state index in [0.29, 0.717) is 43.2 Å². The van der Waals surface area contributed by atoms with Crippen LogP contribution in [0.5, 0.6) is 11.6 Å². The number of hydrogen-bond acceptors (Lipinski definition) is 10. The van der Waals surface area contributed by atoms with Crippen LogP contribution in [0.15, 0.2) is 42.6 Å². The van der Waals surface area contributed by atoms with Gasteiger partial charge in [0, 0.05) is 36.9 Å². The van der Waals surface area contributed by atoms with Crippen LogP contribution in [0.2, 0.25) is 0 Å². The number of hydrogen-bond donors (Lipinski definition) is 4. The van der Waals surface area contributed by atoms with Gasteiger partial charge in [-0.15, -0.1) is 0 Å². The minimum absolute atomic E-state index is 0.00842. The first-order valence-corrected chi connectivity index (χ1v) is 19.1. The Morgan fingerprint density at radius 3 is 2.62 bits per heavy atom. The third-order valence-corrected chi connectivity index (χ3v) is 13.1. The number of rotatable bonds is 9. The topological polar surface area (TPSA) is 203 Å². The molecule has 2 aliphatic heterocycles. The zero-order valence-electron chi connectivity index (χ0n) is 29.8. The maximum absolute atomic E-state index is 14.5. The highest BCUT2D eigenvalue weighted by Gasteiger charge is 2.63. The smallest absolute Gasteiger partial charge is 0.405 e. The van der Waals surface area contributed by atoms with Gasteiger partial charge in [0.25, 0.3) is 5.91 Å². The summed E-state index contributed by atoms with van der Waals surface area (Å²) in [5.74, 6) is -2.22. The summed E-state index contributed by atoms with van der Waals surface area (Å²) in [6, 6.07) is 4.74. The largest absolute Gasteiger partial charge is 0.497 e. The Bertz CT molecular complexity index is 1870. The molecule has 3 fully saturated rings. The van der Waals surface area contributed by atoms with Crippen LogP contribution in [0.4, 0.5) is 4.79 Å². The minimum Gasteiger partial charge on any atom is -0.497 e. The first-order valence-electron chi connectivity index (χ1n) is 17.6. The number of amides is 4. The molecule has 4 amide bonds. The van der Waals surface area contributed by atoms with Gasteiger partial charge in [0.05, 0.1) is 25.0 Å². The first-order chi connectivity index (χ1) is 24.7. The van der Waals surface area contributed by atoms with Gasteiger partial charge >= 0.3 is 6.09 Å². The van der Waals surface area contributed by atoms with Crippen LogP contribution >= 0.6 is 0 Å². The normalized spacial score (nSPS) is 30.8. The van der Waals surface area contributed by atoms with Crippen LogP contribution in [-0.4, -0.2) is 103 Å². The number of carbonyl (C=O) groups is 4. The van der Waals surface area contributed by atoms with Gasteiger partial charge in [-0.2, -0.15) is 0 Å². The monoisotopic (exact) mass is 741 g/mol. The molecule has 0 spiro atoms. The molecule has 1 aromatic carbocycles. The molecule has 2 aliphatic carbocycles. The molecule has 4 aliphatic rings. The third-order valence-electron chi connectivity index (χ3n) is 11.0. The van der Waals surface area contributed by atoms with Gasteiger partial charge in [0.1, 0.15) is 29.5 Å². The summed E-state index contributed by atoms with van der Waals surface area (Å²) < 4.78 is 44.6. The SMILES string of the molecule is COC[C@@H]1C[C@H](C)CC/C=C\[C@@H]2C[C@@]2(C(=O)NS(=O)(=O)C2(C)CC2)NC(=O)[C@@H]2C[C@@H](Oc3nccc4cc(OC)ccc34)CN2C(=O)[C@H]1NC(=O)O. The molecule has 2 saturated carbocycles. The zero-order valence-corrected chi connectivity index (χ0v) is 30.6. The van der Waals surface area contributed by atoms with Gasteiger partial charge in [0.2, 0.25) is 27.7 Å². The van der Waals surface area contributed by atoms with Gasteiger partial charge in [-0.05, 0) is 81.0 Å². The van der Waals surface area contributed by atoms with Gasteiger partial charge in [-0.25, -0.2) is 18.2 Å². The molecule has 1 saturated heterocycles. The Morgan fingerprint density at radius 1 is 1.15 bits per heavy atom. The molecule has 282 valence electrons. The fraction of sp³-hybridized carbons (Fsp3) is 0.583. The van der Waals surface area contributed by atoms with Crippen molar-refractivity contribution in [2.45, 2.75) is 87.3 Å². The summed E-state index contributed by atoms with van der Waals surface area (Å²) in [5.41, 5.74) is -1.56. The summed E-state index contributed by atoms with van der Waals surface area (Å²) in [6.45, 7) is 3.58. The Morgan fingerprint density at radius 2 is 1.92 bits per heavy atom. The highest BCUT2D eigenvalue weighted by molar-refractivity contribution is 7.91. The second-order valence-corrected chi connectivity index (χ2v) is 17.0. The lowest BCUT2D eigenvalue weighted by molar-refractivity contribution is -0.142. The van der Waals surface area contributed by atoms with Crippen LogP contribution in [0.1, 0.15) is 58.8 Å². The highest BCUT2D eigenvalue weighted by atomic mass is 32.2. The van der Waals surface area contributed by atoms with Crippen molar-refractivity contribution in [3.8, 4) is 11.6 Å². The molecule has 4 N–H and O–H groups in total. The fourth-order valence-corrected chi connectivity index (χ4v) is 8.74. The number of nitrogens with zero attached hydrogens (tertiary/aromatic N) is 2. The fourth-order valence-electron chi connectivity index (χ4n) is 7.43. The summed E-state index contributed by atoms with van der Waals surface area (Å²) >= 11 is 0. The molecule has 6 rings (SSSR count). The van der Waals surface area contributed by atoms with Gasteiger partial charge in [-0.3, -0.25) is 19.1 Å².